The largest absolute Gasteiger partial charge is 0.345 e. The Kier molecular flexibility index (Phi) is 2.93. The van der Waals surface area contributed by atoms with Crippen molar-refractivity contribution in [3.8, 4) is 0 Å². The van der Waals surface area contributed by atoms with E-state index in [1.165, 1.54) is 0 Å². The van der Waals surface area contributed by atoms with Gasteiger partial charge in [-0.15, -0.1) is 0 Å². The van der Waals surface area contributed by atoms with E-state index in [-0.39, 0.29) is 23.7 Å². The first-order valence-corrected chi connectivity index (χ1v) is 6.61. The summed E-state index contributed by atoms with van der Waals surface area (Å²) in [7, 11) is 1.81. The number of carbonyl (C=O) groups is 2. The summed E-state index contributed by atoms with van der Waals surface area (Å²) in [4.78, 5) is 31.7. The molecule has 0 bridgehead atoms. The molecule has 0 radical (unpaired) electrons. The number of aromatic nitrogens is 1. The van der Waals surface area contributed by atoms with Crippen LogP contribution < -0.4 is 0 Å². The normalized spacial score (nSPS) is 25.9. The van der Waals surface area contributed by atoms with Crippen LogP contribution in [0.2, 0.25) is 5.15 Å². The van der Waals surface area contributed by atoms with Crippen LogP contribution in [0.4, 0.5) is 0 Å². The van der Waals surface area contributed by atoms with Gasteiger partial charge in [0.15, 0.2) is 0 Å². The number of nitrogens with zero attached hydrogens (tertiary/aromatic N) is 3. The van der Waals surface area contributed by atoms with Crippen molar-refractivity contribution in [2.45, 2.75) is 0 Å². The van der Waals surface area contributed by atoms with E-state index >= 15 is 0 Å². The molecule has 1 aromatic rings. The third-order valence-electron chi connectivity index (χ3n) is 3.86. The maximum Gasteiger partial charge on any atom is 0.272 e. The molecule has 0 N–H and O–H groups in total. The summed E-state index contributed by atoms with van der Waals surface area (Å²) in [5.74, 6) is 0.195. The molecule has 2 aliphatic heterocycles. The molecule has 3 rings (SSSR count). The number of carbonyl (C=O) groups excluding carboxylic acids is 2. The minimum absolute atomic E-state index is 0.0480. The van der Waals surface area contributed by atoms with Crippen LogP contribution in [0.1, 0.15) is 10.5 Å². The summed E-state index contributed by atoms with van der Waals surface area (Å²) in [5, 5.41) is 0.307. The van der Waals surface area contributed by atoms with Crippen LogP contribution in [0.25, 0.3) is 0 Å². The first kappa shape index (κ1) is 12.4. The van der Waals surface area contributed by atoms with Gasteiger partial charge in [-0.25, -0.2) is 4.98 Å². The molecule has 0 aliphatic carbocycles. The van der Waals surface area contributed by atoms with E-state index in [2.05, 4.69) is 4.98 Å². The van der Waals surface area contributed by atoms with Crippen molar-refractivity contribution in [2.75, 3.05) is 26.7 Å². The van der Waals surface area contributed by atoms with Gasteiger partial charge in [0.1, 0.15) is 10.8 Å². The highest BCUT2D eigenvalue weighted by molar-refractivity contribution is 6.29. The molecule has 19 heavy (non-hydrogen) atoms. The van der Waals surface area contributed by atoms with Gasteiger partial charge in [0.25, 0.3) is 5.91 Å². The van der Waals surface area contributed by atoms with Crippen LogP contribution in [0.3, 0.4) is 0 Å². The number of likely N-dealkylation sites (tertiary alicyclic amines) is 2. The van der Waals surface area contributed by atoms with Crippen molar-refractivity contribution in [3.05, 3.63) is 29.0 Å². The highest BCUT2D eigenvalue weighted by Crippen LogP contribution is 2.31. The van der Waals surface area contributed by atoms with Crippen LogP contribution in [0, 0.1) is 11.8 Å². The monoisotopic (exact) mass is 279 g/mol. The number of hydrogen-bond acceptors (Lipinski definition) is 3. The number of fused-ring (bicyclic) bond motifs is 1. The van der Waals surface area contributed by atoms with Crippen molar-refractivity contribution < 1.29 is 9.59 Å². The fourth-order valence-electron chi connectivity index (χ4n) is 2.92. The van der Waals surface area contributed by atoms with Crippen LogP contribution >= 0.6 is 11.6 Å². The van der Waals surface area contributed by atoms with Gasteiger partial charge < -0.3 is 9.80 Å². The summed E-state index contributed by atoms with van der Waals surface area (Å²) in [5.41, 5.74) is 0.341. The summed E-state index contributed by atoms with van der Waals surface area (Å²) in [6, 6.07) is 4.99. The first-order chi connectivity index (χ1) is 9.06. The van der Waals surface area contributed by atoms with Crippen molar-refractivity contribution in [1.29, 1.82) is 0 Å². The summed E-state index contributed by atoms with van der Waals surface area (Å²) >= 11 is 5.79. The zero-order valence-electron chi connectivity index (χ0n) is 10.5. The zero-order chi connectivity index (χ0) is 13.6. The molecule has 2 saturated heterocycles. The average Bonchev–Trinajstić information content (AvgIpc) is 2.90. The lowest BCUT2D eigenvalue weighted by atomic mass is 10.0. The van der Waals surface area contributed by atoms with E-state index in [0.29, 0.717) is 23.9 Å². The maximum absolute atomic E-state index is 12.3. The molecule has 2 fully saturated rings. The van der Waals surface area contributed by atoms with Gasteiger partial charge in [-0.05, 0) is 12.1 Å². The third kappa shape index (κ3) is 2.08. The molecule has 0 aromatic carbocycles. The summed E-state index contributed by atoms with van der Waals surface area (Å²) < 4.78 is 0. The molecule has 100 valence electrons. The van der Waals surface area contributed by atoms with E-state index in [1.54, 1.807) is 28.0 Å². The van der Waals surface area contributed by atoms with Gasteiger partial charge in [0.05, 0.1) is 5.92 Å². The second-order valence-corrected chi connectivity index (χ2v) is 5.53. The second kappa shape index (κ2) is 4.49. The molecule has 2 atom stereocenters. The fourth-order valence-corrected chi connectivity index (χ4v) is 3.08. The molecule has 0 saturated carbocycles. The fraction of sp³-hybridized carbons (Fsp3) is 0.462. The lowest BCUT2D eigenvalue weighted by molar-refractivity contribution is -0.129. The van der Waals surface area contributed by atoms with E-state index in [4.69, 9.17) is 11.6 Å². The molecule has 5 nitrogen and oxygen atoms in total. The Bertz CT molecular complexity index is 548. The van der Waals surface area contributed by atoms with Crippen molar-refractivity contribution in [3.63, 3.8) is 0 Å². The standard InChI is InChI=1S/C13H14ClN3O2/c1-16-5-8-6-17(7-9(8)12(16)18)13(19)10-3-2-4-11(14)15-10/h2-4,8-9H,5-7H2,1H3/t8-,9+/m1/s1. The Labute approximate surface area is 116 Å². The minimum atomic E-state index is -0.146. The van der Waals surface area contributed by atoms with E-state index in [9.17, 15) is 9.59 Å². The number of halogens is 1. The minimum Gasteiger partial charge on any atom is -0.345 e. The lowest BCUT2D eigenvalue weighted by Crippen LogP contribution is -2.34. The first-order valence-electron chi connectivity index (χ1n) is 6.23. The number of amides is 2. The van der Waals surface area contributed by atoms with Crippen molar-refractivity contribution in [1.82, 2.24) is 14.8 Å². The zero-order valence-corrected chi connectivity index (χ0v) is 11.3. The number of pyridine rings is 1. The highest BCUT2D eigenvalue weighted by atomic mass is 35.5. The van der Waals surface area contributed by atoms with E-state index < -0.39 is 0 Å². The Balaban J connectivity index is 1.76. The van der Waals surface area contributed by atoms with Crippen LogP contribution in [-0.4, -0.2) is 53.3 Å². The van der Waals surface area contributed by atoms with Crippen molar-refractivity contribution >= 4 is 23.4 Å². The molecule has 1 aromatic heterocycles. The molecule has 6 heteroatoms. The molecule has 2 aliphatic rings. The maximum atomic E-state index is 12.3. The van der Waals surface area contributed by atoms with Crippen molar-refractivity contribution in [2.24, 2.45) is 11.8 Å². The molecule has 0 spiro atoms. The molecular formula is C13H14ClN3O2. The average molecular weight is 280 g/mol. The predicted molar refractivity (Wildman–Crippen MR) is 69.8 cm³/mol. The summed E-state index contributed by atoms with van der Waals surface area (Å²) in [6.45, 7) is 1.84. The predicted octanol–water partition coefficient (Wildman–Crippen LogP) is 0.895. The topological polar surface area (TPSA) is 53.5 Å². The summed E-state index contributed by atoms with van der Waals surface area (Å²) in [6.07, 6.45) is 0. The van der Waals surface area contributed by atoms with Gasteiger partial charge in [-0.3, -0.25) is 9.59 Å². The lowest BCUT2D eigenvalue weighted by Gasteiger charge is -2.19. The second-order valence-electron chi connectivity index (χ2n) is 5.14. The van der Waals surface area contributed by atoms with Crippen LogP contribution in [0.15, 0.2) is 18.2 Å². The molecular weight excluding hydrogens is 266 g/mol. The quantitative estimate of drug-likeness (QED) is 0.718. The van der Waals surface area contributed by atoms with Gasteiger partial charge in [0.2, 0.25) is 5.91 Å². The smallest absolute Gasteiger partial charge is 0.272 e. The van der Waals surface area contributed by atoms with Crippen LogP contribution in [0.5, 0.6) is 0 Å². The van der Waals surface area contributed by atoms with Gasteiger partial charge in [-0.1, -0.05) is 17.7 Å². The van der Waals surface area contributed by atoms with Gasteiger partial charge in [0, 0.05) is 32.6 Å². The molecule has 3 heterocycles. The van der Waals surface area contributed by atoms with Gasteiger partial charge in [-0.2, -0.15) is 0 Å². The molecule has 2 amide bonds. The Morgan fingerprint density at radius 1 is 1.37 bits per heavy atom. The highest BCUT2D eigenvalue weighted by Gasteiger charge is 2.46. The van der Waals surface area contributed by atoms with Gasteiger partial charge >= 0.3 is 0 Å². The van der Waals surface area contributed by atoms with E-state index in [0.717, 1.165) is 6.54 Å². The molecule has 0 unspecified atom stereocenters. The van der Waals surface area contributed by atoms with E-state index in [1.807, 2.05) is 7.05 Å². The third-order valence-corrected chi connectivity index (χ3v) is 4.07. The Morgan fingerprint density at radius 3 is 2.84 bits per heavy atom. The SMILES string of the molecule is CN1C[C@@H]2CN(C(=O)c3cccc(Cl)n3)C[C@@H]2C1=O. The van der Waals surface area contributed by atoms with Crippen LogP contribution in [-0.2, 0) is 4.79 Å². The Hall–Kier alpha value is -1.62. The Morgan fingerprint density at radius 2 is 2.16 bits per heavy atom. The number of rotatable bonds is 1. The number of hydrogen-bond donors (Lipinski definition) is 0.